The van der Waals surface area contributed by atoms with Crippen LogP contribution in [-0.4, -0.2) is 18.4 Å². The Morgan fingerprint density at radius 1 is 1.06 bits per heavy atom. The molecule has 3 aromatic rings. The van der Waals surface area contributed by atoms with Gasteiger partial charge in [-0.3, -0.25) is 0 Å². The van der Waals surface area contributed by atoms with Gasteiger partial charge in [0.2, 0.25) is 0 Å². The fourth-order valence-corrected chi connectivity index (χ4v) is 3.25. The molecule has 0 spiro atoms. The van der Waals surface area contributed by atoms with Crippen LogP contribution in [0.1, 0.15) is 24.1 Å². The Morgan fingerprint density at radius 2 is 1.74 bits per heavy atom. The Labute approximate surface area is 187 Å². The average molecular weight is 495 g/mol. The first-order chi connectivity index (χ1) is 14.7. The summed E-state index contributed by atoms with van der Waals surface area (Å²) in [5.74, 6) is 0.400. The first-order valence-electron chi connectivity index (χ1n) is 9.50. The van der Waals surface area contributed by atoms with Crippen molar-refractivity contribution in [3.05, 3.63) is 82.5 Å². The number of pyridine rings is 1. The Morgan fingerprint density at radius 3 is 2.39 bits per heavy atom. The molecule has 2 N–H and O–H groups in total. The van der Waals surface area contributed by atoms with Crippen LogP contribution in [0.5, 0.6) is 5.75 Å². The zero-order chi connectivity index (χ0) is 22.4. The normalized spacial score (nSPS) is 12.3. The van der Waals surface area contributed by atoms with Crippen LogP contribution in [0.2, 0.25) is 0 Å². The van der Waals surface area contributed by atoms with Gasteiger partial charge >= 0.3 is 6.36 Å². The molecule has 0 bridgehead atoms. The number of aromatic nitrogens is 1. The van der Waals surface area contributed by atoms with Crippen molar-refractivity contribution in [1.29, 1.82) is 0 Å². The number of anilines is 2. The van der Waals surface area contributed by atoms with E-state index in [1.54, 1.807) is 18.3 Å². The molecule has 0 aliphatic rings. The van der Waals surface area contributed by atoms with E-state index in [0.717, 1.165) is 21.3 Å². The van der Waals surface area contributed by atoms with E-state index in [1.165, 1.54) is 12.1 Å². The maximum atomic E-state index is 12.3. The van der Waals surface area contributed by atoms with Crippen molar-refractivity contribution in [2.24, 2.45) is 0 Å². The molecule has 0 aliphatic carbocycles. The minimum atomic E-state index is -4.70. The first kappa shape index (κ1) is 22.9. The summed E-state index contributed by atoms with van der Waals surface area (Å²) >= 11 is 3.44. The summed E-state index contributed by atoms with van der Waals surface area (Å²) in [7, 11) is 1.90. The predicted octanol–water partition coefficient (Wildman–Crippen LogP) is 6.06. The molecule has 1 heterocycles. The molecule has 0 radical (unpaired) electrons. The molecular weight excluding hydrogens is 473 g/mol. The van der Waals surface area contributed by atoms with Gasteiger partial charge in [-0.1, -0.05) is 40.2 Å². The number of rotatable bonds is 8. The predicted molar refractivity (Wildman–Crippen MR) is 119 cm³/mol. The van der Waals surface area contributed by atoms with Gasteiger partial charge in [0.15, 0.2) is 5.82 Å². The molecule has 1 aromatic heterocycles. The highest BCUT2D eigenvalue weighted by atomic mass is 79.9. The van der Waals surface area contributed by atoms with E-state index < -0.39 is 6.36 Å². The van der Waals surface area contributed by atoms with Crippen LogP contribution in [0.15, 0.2) is 71.3 Å². The molecule has 31 heavy (non-hydrogen) atoms. The van der Waals surface area contributed by atoms with Crippen molar-refractivity contribution in [2.45, 2.75) is 25.9 Å². The smallest absolute Gasteiger partial charge is 0.406 e. The number of alkyl halides is 3. The van der Waals surface area contributed by atoms with Crippen LogP contribution in [0, 0.1) is 0 Å². The number of hydrogen-bond acceptors (Lipinski definition) is 5. The van der Waals surface area contributed by atoms with E-state index in [-0.39, 0.29) is 11.8 Å². The molecule has 0 aliphatic heterocycles. The third-order valence-corrected chi connectivity index (χ3v) is 5.05. The molecule has 0 fully saturated rings. The summed E-state index contributed by atoms with van der Waals surface area (Å²) in [5, 5.41) is 5.13. The maximum absolute atomic E-state index is 12.3. The second kappa shape index (κ2) is 10.0. The lowest BCUT2D eigenvalue weighted by atomic mass is 10.1. The number of hydrazine groups is 1. The van der Waals surface area contributed by atoms with E-state index in [4.69, 9.17) is 0 Å². The molecule has 0 amide bonds. The fraction of sp³-hybridized carbons (Fsp3) is 0.227. The van der Waals surface area contributed by atoms with Gasteiger partial charge in [-0.25, -0.2) is 10.4 Å². The molecule has 0 saturated heterocycles. The summed E-state index contributed by atoms with van der Waals surface area (Å²) in [6, 6.07) is 17.6. The number of benzene rings is 2. The molecule has 5 nitrogen and oxygen atoms in total. The van der Waals surface area contributed by atoms with Gasteiger partial charge in [0, 0.05) is 30.3 Å². The molecule has 0 unspecified atom stereocenters. The van der Waals surface area contributed by atoms with E-state index in [1.807, 2.05) is 48.5 Å². The van der Waals surface area contributed by atoms with Crippen molar-refractivity contribution >= 4 is 27.4 Å². The zero-order valence-corrected chi connectivity index (χ0v) is 18.5. The second-order valence-electron chi connectivity index (χ2n) is 6.88. The van der Waals surface area contributed by atoms with Crippen LogP contribution in [0.3, 0.4) is 0 Å². The van der Waals surface area contributed by atoms with Gasteiger partial charge in [-0.05, 0) is 54.4 Å². The topological polar surface area (TPSA) is 49.4 Å². The van der Waals surface area contributed by atoms with Crippen molar-refractivity contribution in [3.63, 3.8) is 0 Å². The van der Waals surface area contributed by atoms with Crippen LogP contribution in [-0.2, 0) is 6.54 Å². The van der Waals surface area contributed by atoms with Crippen LogP contribution in [0.25, 0.3) is 0 Å². The van der Waals surface area contributed by atoms with Gasteiger partial charge in [0.05, 0.1) is 5.69 Å². The largest absolute Gasteiger partial charge is 0.573 e. The quantitative estimate of drug-likeness (QED) is 0.373. The highest BCUT2D eigenvalue weighted by Crippen LogP contribution is 2.25. The third kappa shape index (κ3) is 6.86. The van der Waals surface area contributed by atoms with Crippen molar-refractivity contribution in [1.82, 2.24) is 10.4 Å². The molecule has 0 saturated carbocycles. The van der Waals surface area contributed by atoms with Crippen molar-refractivity contribution in [3.8, 4) is 5.75 Å². The molecule has 3 rings (SSSR count). The molecule has 9 heteroatoms. The van der Waals surface area contributed by atoms with Crippen molar-refractivity contribution in [2.75, 3.05) is 17.4 Å². The molecule has 1 atom stereocenters. The molecule has 164 valence electrons. The minimum absolute atomic E-state index is 0.0623. The summed E-state index contributed by atoms with van der Waals surface area (Å²) in [6.45, 7) is 2.46. The fourth-order valence-electron chi connectivity index (χ4n) is 2.98. The highest BCUT2D eigenvalue weighted by Gasteiger charge is 2.30. The lowest BCUT2D eigenvalue weighted by Gasteiger charge is -2.27. The zero-order valence-electron chi connectivity index (χ0n) is 16.9. The van der Waals surface area contributed by atoms with Crippen LogP contribution in [0.4, 0.5) is 24.7 Å². The Hall–Kier alpha value is -2.78. The molecule has 2 aromatic carbocycles. The Balaban J connectivity index is 1.64. The number of ether oxygens (including phenoxy) is 1. The average Bonchev–Trinajstić information content (AvgIpc) is 2.73. The third-order valence-electron chi connectivity index (χ3n) is 4.52. The summed E-state index contributed by atoms with van der Waals surface area (Å²) in [5.41, 5.74) is 6.18. The number of halogens is 4. The lowest BCUT2D eigenvalue weighted by molar-refractivity contribution is -0.274. The van der Waals surface area contributed by atoms with Gasteiger partial charge in [0.1, 0.15) is 5.75 Å². The van der Waals surface area contributed by atoms with Crippen LogP contribution >= 0.6 is 15.9 Å². The monoisotopic (exact) mass is 494 g/mol. The first-order valence-corrected chi connectivity index (χ1v) is 10.3. The maximum Gasteiger partial charge on any atom is 0.573 e. The van der Waals surface area contributed by atoms with E-state index >= 15 is 0 Å². The number of hydrogen-bond donors (Lipinski definition) is 2. The Kier molecular flexibility index (Phi) is 7.40. The number of nitrogens with zero attached hydrogens (tertiary/aromatic N) is 2. The van der Waals surface area contributed by atoms with Gasteiger partial charge in [-0.15, -0.1) is 13.2 Å². The van der Waals surface area contributed by atoms with E-state index in [0.29, 0.717) is 12.4 Å². The lowest BCUT2D eigenvalue weighted by Crippen LogP contribution is -2.37. The SMILES string of the molecule is C[C@H](NN(C)c1cccnc1NCc1ccc(OC(F)(F)F)cc1)c1ccc(Br)cc1. The van der Waals surface area contributed by atoms with E-state index in [9.17, 15) is 13.2 Å². The van der Waals surface area contributed by atoms with Gasteiger partial charge < -0.3 is 15.1 Å². The van der Waals surface area contributed by atoms with Crippen molar-refractivity contribution < 1.29 is 17.9 Å². The summed E-state index contributed by atoms with van der Waals surface area (Å²) < 4.78 is 41.8. The summed E-state index contributed by atoms with van der Waals surface area (Å²) in [6.07, 6.45) is -3.02. The summed E-state index contributed by atoms with van der Waals surface area (Å²) in [4.78, 5) is 4.40. The van der Waals surface area contributed by atoms with E-state index in [2.05, 4.69) is 43.3 Å². The minimum Gasteiger partial charge on any atom is -0.406 e. The van der Waals surface area contributed by atoms with Gasteiger partial charge in [0.25, 0.3) is 0 Å². The highest BCUT2D eigenvalue weighted by molar-refractivity contribution is 9.10. The van der Waals surface area contributed by atoms with Crippen LogP contribution < -0.4 is 20.5 Å². The standard InChI is InChI=1S/C22H22BrF3N4O/c1-15(17-7-9-18(23)10-8-17)29-30(2)20-4-3-13-27-21(20)28-14-16-5-11-19(12-6-16)31-22(24,25)26/h3-13,15,29H,14H2,1-2H3,(H,27,28)/t15-/m0/s1. The number of nitrogens with one attached hydrogen (secondary N) is 2. The van der Waals surface area contributed by atoms with Gasteiger partial charge in [-0.2, -0.15) is 0 Å². The Bertz CT molecular complexity index is 981. The second-order valence-corrected chi connectivity index (χ2v) is 7.79. The molecular formula is C22H22BrF3N4O.